The number of carbonyl (C=O) groups excluding carboxylic acids is 1. The van der Waals surface area contributed by atoms with E-state index in [1.54, 1.807) is 61.5 Å². The fourth-order valence-corrected chi connectivity index (χ4v) is 6.27. The second kappa shape index (κ2) is 12.7. The van der Waals surface area contributed by atoms with Crippen molar-refractivity contribution in [3.63, 3.8) is 0 Å². The number of esters is 1. The van der Waals surface area contributed by atoms with Gasteiger partial charge in [0, 0.05) is 0 Å². The molecule has 0 radical (unpaired) electrons. The summed E-state index contributed by atoms with van der Waals surface area (Å²) in [5.41, 5.74) is 4.67. The van der Waals surface area contributed by atoms with Crippen LogP contribution in [0.2, 0.25) is 0 Å². The number of benzene rings is 2. The topological polar surface area (TPSA) is 172 Å². The first kappa shape index (κ1) is 30.5. The highest BCUT2D eigenvalue weighted by Gasteiger charge is 2.56. The monoisotopic (exact) mass is 614 g/mol. The number of nitrogen functional groups attached to an aromatic ring is 1. The Morgan fingerprint density at radius 3 is 2.60 bits per heavy atom. The van der Waals surface area contributed by atoms with Gasteiger partial charge in [-0.25, -0.2) is 23.4 Å². The maximum absolute atomic E-state index is 16.0. The number of aromatic nitrogens is 4. The molecule has 1 saturated heterocycles. The van der Waals surface area contributed by atoms with E-state index in [4.69, 9.17) is 24.3 Å². The van der Waals surface area contributed by atoms with Crippen LogP contribution in [0.25, 0.3) is 5.65 Å². The Hall–Kier alpha value is -3.94. The smallest absolute Gasteiger partial charge is 0.459 e. The summed E-state index contributed by atoms with van der Waals surface area (Å²) >= 11 is 0. The molecule has 1 aliphatic rings. The fourth-order valence-electron chi connectivity index (χ4n) is 4.77. The van der Waals surface area contributed by atoms with E-state index in [1.807, 2.05) is 6.07 Å². The summed E-state index contributed by atoms with van der Waals surface area (Å²) in [7, 11) is -4.38. The summed E-state index contributed by atoms with van der Waals surface area (Å²) in [5, 5.41) is 17.7. The van der Waals surface area contributed by atoms with Gasteiger partial charge in [0.15, 0.2) is 17.1 Å². The Morgan fingerprint density at radius 2 is 1.91 bits per heavy atom. The van der Waals surface area contributed by atoms with Gasteiger partial charge in [0.2, 0.25) is 0 Å². The molecule has 0 bridgehead atoms. The van der Waals surface area contributed by atoms with Crippen molar-refractivity contribution in [3.05, 3.63) is 84.4 Å². The summed E-state index contributed by atoms with van der Waals surface area (Å²) in [5.74, 6) is -0.406. The van der Waals surface area contributed by atoms with Crippen LogP contribution in [0.15, 0.2) is 73.2 Å². The maximum atomic E-state index is 16.0. The van der Waals surface area contributed by atoms with E-state index in [0.29, 0.717) is 0 Å². The summed E-state index contributed by atoms with van der Waals surface area (Å²) in [6, 6.07) is 16.1. The molecule has 3 heterocycles. The number of aliphatic hydroxyl groups is 1. The third kappa shape index (κ3) is 6.68. The highest BCUT2D eigenvalue weighted by Crippen LogP contribution is 2.49. The van der Waals surface area contributed by atoms with Crippen molar-refractivity contribution in [1.82, 2.24) is 24.7 Å². The Labute approximate surface area is 246 Å². The molecule has 5 rings (SSSR count). The van der Waals surface area contributed by atoms with Gasteiger partial charge in [-0.2, -0.15) is 10.2 Å². The number of hydrogen-bond acceptors (Lipinski definition) is 11. The molecule has 4 N–H and O–H groups in total. The quantitative estimate of drug-likeness (QED) is 0.157. The number of alkyl halides is 1. The molecule has 6 atom stereocenters. The van der Waals surface area contributed by atoms with E-state index in [9.17, 15) is 14.5 Å². The van der Waals surface area contributed by atoms with E-state index < -0.39 is 50.3 Å². The van der Waals surface area contributed by atoms with E-state index in [-0.39, 0.29) is 35.9 Å². The number of ether oxygens (including phenoxy) is 2. The van der Waals surface area contributed by atoms with Crippen LogP contribution in [-0.2, 0) is 29.8 Å². The number of nitrogens with two attached hydrogens (primary N) is 1. The van der Waals surface area contributed by atoms with Gasteiger partial charge in [-0.05, 0) is 38.0 Å². The number of hydrogen-bond donors (Lipinski definition) is 3. The number of carbonyl (C=O) groups is 1. The first-order valence-corrected chi connectivity index (χ1v) is 15.1. The van der Waals surface area contributed by atoms with Crippen LogP contribution < -0.4 is 15.3 Å². The van der Waals surface area contributed by atoms with Crippen molar-refractivity contribution in [2.24, 2.45) is 0 Å². The number of rotatable bonds is 12. The number of aliphatic hydroxyl groups excluding tert-OH is 1. The Kier molecular flexibility index (Phi) is 9.04. The molecular weight excluding hydrogens is 582 g/mol. The van der Waals surface area contributed by atoms with Crippen molar-refractivity contribution < 1.29 is 37.4 Å². The molecule has 0 amide bonds. The Balaban J connectivity index is 1.39. The lowest BCUT2D eigenvalue weighted by atomic mass is 9.93. The van der Waals surface area contributed by atoms with Gasteiger partial charge in [0.1, 0.15) is 36.4 Å². The molecule has 4 aromatic rings. The van der Waals surface area contributed by atoms with E-state index in [1.165, 1.54) is 24.0 Å². The largest absolute Gasteiger partial charge is 0.465 e. The fraction of sp³-hybridized carbons (Fsp3) is 0.357. The zero-order valence-electron chi connectivity index (χ0n) is 23.4. The minimum absolute atomic E-state index is 0.0805. The van der Waals surface area contributed by atoms with E-state index in [2.05, 4.69) is 20.2 Å². The SMILES string of the molecule is CCOC(=O)[C@H](Cc1ccccc1)NP(=O)(OC[C@H]1O[C@@H](c2cnc3c(N)ncnn23)[C@](C)(F)[C@@H]1O)Oc1ccccc1. The molecule has 0 aliphatic carbocycles. The predicted octanol–water partition coefficient (Wildman–Crippen LogP) is 3.20. The lowest BCUT2D eigenvalue weighted by molar-refractivity contribution is -0.145. The lowest BCUT2D eigenvalue weighted by Crippen LogP contribution is -2.41. The van der Waals surface area contributed by atoms with Crippen LogP contribution in [-0.4, -0.2) is 67.8 Å². The van der Waals surface area contributed by atoms with Crippen molar-refractivity contribution in [2.45, 2.75) is 50.3 Å². The molecule has 15 heteroatoms. The normalized spacial score (nSPS) is 24.0. The molecular formula is C28H32FN6O7P. The zero-order valence-corrected chi connectivity index (χ0v) is 24.3. The first-order chi connectivity index (χ1) is 20.6. The number of imidazole rings is 1. The van der Waals surface area contributed by atoms with Gasteiger partial charge in [0.25, 0.3) is 0 Å². The number of nitrogens with one attached hydrogen (secondary N) is 1. The molecule has 1 fully saturated rings. The van der Waals surface area contributed by atoms with Crippen LogP contribution in [0.5, 0.6) is 5.75 Å². The van der Waals surface area contributed by atoms with Gasteiger partial charge in [0.05, 0.1) is 25.1 Å². The molecule has 2 aromatic heterocycles. The second-order valence-electron chi connectivity index (χ2n) is 10.0. The minimum atomic E-state index is -4.38. The zero-order chi connectivity index (χ0) is 30.6. The van der Waals surface area contributed by atoms with Crippen molar-refractivity contribution in [2.75, 3.05) is 18.9 Å². The average Bonchev–Trinajstić information content (AvgIpc) is 3.51. The third-order valence-electron chi connectivity index (χ3n) is 6.93. The summed E-state index contributed by atoms with van der Waals surface area (Å²) in [4.78, 5) is 20.9. The van der Waals surface area contributed by atoms with Crippen LogP contribution in [0.4, 0.5) is 10.2 Å². The summed E-state index contributed by atoms with van der Waals surface area (Å²) in [6.07, 6.45) is -1.72. The van der Waals surface area contributed by atoms with Gasteiger partial charge in [-0.3, -0.25) is 9.32 Å². The molecule has 43 heavy (non-hydrogen) atoms. The van der Waals surface area contributed by atoms with Gasteiger partial charge in [-0.1, -0.05) is 48.5 Å². The van der Waals surface area contributed by atoms with Crippen molar-refractivity contribution in [1.29, 1.82) is 0 Å². The average molecular weight is 615 g/mol. The van der Waals surface area contributed by atoms with Crippen LogP contribution in [0.1, 0.15) is 31.2 Å². The number of para-hydroxylation sites is 1. The van der Waals surface area contributed by atoms with Crippen LogP contribution in [0, 0.1) is 0 Å². The molecule has 13 nitrogen and oxygen atoms in total. The molecule has 1 unspecified atom stereocenters. The van der Waals surface area contributed by atoms with Gasteiger partial charge in [-0.15, -0.1) is 0 Å². The molecule has 1 aliphatic heterocycles. The second-order valence-corrected chi connectivity index (χ2v) is 11.7. The number of halogens is 1. The highest BCUT2D eigenvalue weighted by molar-refractivity contribution is 7.52. The maximum Gasteiger partial charge on any atom is 0.459 e. The van der Waals surface area contributed by atoms with Crippen LogP contribution in [0.3, 0.4) is 0 Å². The van der Waals surface area contributed by atoms with Crippen molar-refractivity contribution >= 4 is 25.2 Å². The Bertz CT molecular complexity index is 1590. The number of fused-ring (bicyclic) bond motifs is 1. The summed E-state index contributed by atoms with van der Waals surface area (Å²) < 4.78 is 54.1. The molecule has 2 aromatic carbocycles. The van der Waals surface area contributed by atoms with E-state index in [0.717, 1.165) is 5.56 Å². The number of anilines is 1. The lowest BCUT2D eigenvalue weighted by Gasteiger charge is -2.26. The predicted molar refractivity (Wildman–Crippen MR) is 153 cm³/mol. The van der Waals surface area contributed by atoms with Gasteiger partial charge < -0.3 is 24.8 Å². The van der Waals surface area contributed by atoms with E-state index >= 15 is 4.39 Å². The Morgan fingerprint density at radius 1 is 1.21 bits per heavy atom. The minimum Gasteiger partial charge on any atom is -0.465 e. The molecule has 228 valence electrons. The summed E-state index contributed by atoms with van der Waals surface area (Å²) in [6.45, 7) is 2.35. The number of nitrogens with zero attached hydrogens (tertiary/aromatic N) is 4. The molecule has 0 saturated carbocycles. The third-order valence-corrected chi connectivity index (χ3v) is 8.49. The molecule has 0 spiro atoms. The highest BCUT2D eigenvalue weighted by atomic mass is 31.2. The van der Waals surface area contributed by atoms with Gasteiger partial charge >= 0.3 is 13.7 Å². The standard InChI is InChI=1S/C28H32FN6O7P/c1-3-39-27(37)20(14-18-10-6-4-7-11-18)34-43(38,42-19-12-8-5-9-13-19)40-16-22-23(36)28(2,29)24(41-22)21-15-31-26-25(30)32-17-33-35(21)26/h4-13,15,17,20,22-24,36H,3,14,16H2,1-2H3,(H,34,38)(H2,30,32,33)/t20-,22+,23+,24-,28+,43?/m0/s1. The van der Waals surface area contributed by atoms with Crippen molar-refractivity contribution in [3.8, 4) is 5.75 Å². The van der Waals surface area contributed by atoms with Crippen LogP contribution >= 0.6 is 7.75 Å². The first-order valence-electron chi connectivity index (χ1n) is 13.6.